The van der Waals surface area contributed by atoms with Crippen LogP contribution in [0, 0.1) is 6.92 Å². The summed E-state index contributed by atoms with van der Waals surface area (Å²) in [6.07, 6.45) is 0. The summed E-state index contributed by atoms with van der Waals surface area (Å²) in [4.78, 5) is 0. The van der Waals surface area contributed by atoms with Crippen molar-refractivity contribution in [2.45, 2.75) is 13.0 Å². The van der Waals surface area contributed by atoms with Crippen LogP contribution in [0.2, 0.25) is 0 Å². The molecule has 106 valence electrons. The maximum Gasteiger partial charge on any atom is 0.0580 e. The molecule has 2 heteroatoms. The van der Waals surface area contributed by atoms with Gasteiger partial charge in [0.2, 0.25) is 0 Å². The van der Waals surface area contributed by atoms with Gasteiger partial charge in [0, 0.05) is 4.47 Å². The van der Waals surface area contributed by atoms with E-state index < -0.39 is 0 Å². The molecule has 0 aliphatic heterocycles. The fourth-order valence-corrected chi connectivity index (χ4v) is 3.33. The van der Waals surface area contributed by atoms with Crippen molar-refractivity contribution in [1.82, 2.24) is 5.32 Å². The number of aryl methyl sites for hydroxylation is 1. The Labute approximate surface area is 134 Å². The standard InChI is InChI=1S/C19H18BrN/c1-13-10-11-18(17-9-4-3-8-16(13)17)19(21-2)14-6-5-7-15(20)12-14/h3-12,19,21H,1-2H3. The van der Waals surface area contributed by atoms with Crippen LogP contribution < -0.4 is 5.32 Å². The molecular weight excluding hydrogens is 322 g/mol. The first kappa shape index (κ1) is 14.3. The number of hydrogen-bond donors (Lipinski definition) is 1. The Morgan fingerprint density at radius 3 is 2.38 bits per heavy atom. The molecule has 21 heavy (non-hydrogen) atoms. The van der Waals surface area contributed by atoms with Gasteiger partial charge in [0.1, 0.15) is 0 Å². The lowest BCUT2D eigenvalue weighted by atomic mass is 9.92. The normalized spacial score (nSPS) is 12.5. The molecule has 0 aromatic heterocycles. The molecule has 0 aliphatic carbocycles. The second-order valence-electron chi connectivity index (χ2n) is 5.29. The van der Waals surface area contributed by atoms with Crippen molar-refractivity contribution in [2.24, 2.45) is 0 Å². The molecule has 0 fully saturated rings. The summed E-state index contributed by atoms with van der Waals surface area (Å²) in [6, 6.07) is 21.7. The summed E-state index contributed by atoms with van der Waals surface area (Å²) in [5.74, 6) is 0. The Bertz CT molecular complexity index is 779. The third kappa shape index (κ3) is 2.74. The van der Waals surface area contributed by atoms with Crippen molar-refractivity contribution < 1.29 is 0 Å². The predicted octanol–water partition coefficient (Wildman–Crippen LogP) is 5.22. The average Bonchev–Trinajstić information content (AvgIpc) is 2.51. The molecule has 1 atom stereocenters. The van der Waals surface area contributed by atoms with Crippen molar-refractivity contribution in [2.75, 3.05) is 7.05 Å². The molecule has 0 saturated heterocycles. The Morgan fingerprint density at radius 1 is 0.905 bits per heavy atom. The van der Waals surface area contributed by atoms with Crippen LogP contribution in [-0.2, 0) is 0 Å². The summed E-state index contributed by atoms with van der Waals surface area (Å²) in [5, 5.41) is 6.09. The molecule has 3 aromatic rings. The molecule has 1 nitrogen and oxygen atoms in total. The van der Waals surface area contributed by atoms with Crippen molar-refractivity contribution in [1.29, 1.82) is 0 Å². The molecule has 3 rings (SSSR count). The Hall–Kier alpha value is -1.64. The van der Waals surface area contributed by atoms with E-state index in [0.29, 0.717) is 0 Å². The fourth-order valence-electron chi connectivity index (χ4n) is 2.91. The molecule has 0 amide bonds. The van der Waals surface area contributed by atoms with Crippen LogP contribution >= 0.6 is 15.9 Å². The minimum Gasteiger partial charge on any atom is -0.309 e. The van der Waals surface area contributed by atoms with Crippen LogP contribution in [0.25, 0.3) is 10.8 Å². The van der Waals surface area contributed by atoms with Crippen molar-refractivity contribution >= 4 is 26.7 Å². The van der Waals surface area contributed by atoms with Gasteiger partial charge >= 0.3 is 0 Å². The maximum absolute atomic E-state index is 3.57. The van der Waals surface area contributed by atoms with E-state index in [1.807, 2.05) is 7.05 Å². The van der Waals surface area contributed by atoms with Crippen LogP contribution in [-0.4, -0.2) is 7.05 Å². The Kier molecular flexibility index (Phi) is 4.09. The quantitative estimate of drug-likeness (QED) is 0.689. The molecule has 0 heterocycles. The number of benzene rings is 3. The highest BCUT2D eigenvalue weighted by Gasteiger charge is 2.15. The molecule has 3 aromatic carbocycles. The average molecular weight is 340 g/mol. The smallest absolute Gasteiger partial charge is 0.0580 e. The minimum atomic E-state index is 0.188. The lowest BCUT2D eigenvalue weighted by molar-refractivity contribution is 0.696. The Balaban J connectivity index is 2.20. The van der Waals surface area contributed by atoms with Gasteiger partial charge in [0.05, 0.1) is 6.04 Å². The molecule has 0 radical (unpaired) electrons. The van der Waals surface area contributed by atoms with E-state index in [2.05, 4.69) is 88.8 Å². The zero-order valence-electron chi connectivity index (χ0n) is 12.2. The van der Waals surface area contributed by atoms with Crippen LogP contribution in [0.15, 0.2) is 65.1 Å². The van der Waals surface area contributed by atoms with Crippen LogP contribution in [0.4, 0.5) is 0 Å². The van der Waals surface area contributed by atoms with E-state index in [0.717, 1.165) is 4.47 Å². The van der Waals surface area contributed by atoms with E-state index in [1.165, 1.54) is 27.5 Å². The monoisotopic (exact) mass is 339 g/mol. The predicted molar refractivity (Wildman–Crippen MR) is 93.7 cm³/mol. The van der Waals surface area contributed by atoms with Gasteiger partial charge in [-0.2, -0.15) is 0 Å². The van der Waals surface area contributed by atoms with E-state index in [-0.39, 0.29) is 6.04 Å². The Morgan fingerprint density at radius 2 is 1.67 bits per heavy atom. The highest BCUT2D eigenvalue weighted by Crippen LogP contribution is 2.31. The van der Waals surface area contributed by atoms with Gasteiger partial charge in [-0.15, -0.1) is 0 Å². The van der Waals surface area contributed by atoms with Crippen LogP contribution in [0.3, 0.4) is 0 Å². The highest BCUT2D eigenvalue weighted by atomic mass is 79.9. The van der Waals surface area contributed by atoms with Gasteiger partial charge in [-0.25, -0.2) is 0 Å². The third-order valence-corrected chi connectivity index (χ3v) is 4.45. The van der Waals surface area contributed by atoms with Gasteiger partial charge in [-0.1, -0.05) is 64.5 Å². The van der Waals surface area contributed by atoms with Crippen molar-refractivity contribution in [3.05, 3.63) is 81.8 Å². The highest BCUT2D eigenvalue weighted by molar-refractivity contribution is 9.10. The van der Waals surface area contributed by atoms with Gasteiger partial charge in [0.25, 0.3) is 0 Å². The zero-order chi connectivity index (χ0) is 14.8. The van der Waals surface area contributed by atoms with Gasteiger partial charge in [0.15, 0.2) is 0 Å². The molecule has 0 aliphatic rings. The maximum atomic E-state index is 3.57. The molecule has 0 spiro atoms. The summed E-state index contributed by atoms with van der Waals surface area (Å²) < 4.78 is 1.11. The van der Waals surface area contributed by atoms with E-state index >= 15 is 0 Å². The second kappa shape index (κ2) is 6.00. The SMILES string of the molecule is CNC(c1cccc(Br)c1)c1ccc(C)c2ccccc12. The minimum absolute atomic E-state index is 0.188. The number of fused-ring (bicyclic) bond motifs is 1. The van der Waals surface area contributed by atoms with Crippen LogP contribution in [0.1, 0.15) is 22.7 Å². The first-order chi connectivity index (χ1) is 10.2. The number of hydrogen-bond acceptors (Lipinski definition) is 1. The van der Waals surface area contributed by atoms with Gasteiger partial charge in [-0.3, -0.25) is 0 Å². The summed E-state index contributed by atoms with van der Waals surface area (Å²) in [6.45, 7) is 2.17. The fraction of sp³-hybridized carbons (Fsp3) is 0.158. The zero-order valence-corrected chi connectivity index (χ0v) is 13.8. The van der Waals surface area contributed by atoms with E-state index in [4.69, 9.17) is 0 Å². The second-order valence-corrected chi connectivity index (χ2v) is 6.21. The molecular formula is C19H18BrN. The van der Waals surface area contributed by atoms with Crippen molar-refractivity contribution in [3.8, 4) is 0 Å². The van der Waals surface area contributed by atoms with Crippen LogP contribution in [0.5, 0.6) is 0 Å². The molecule has 1 N–H and O–H groups in total. The first-order valence-electron chi connectivity index (χ1n) is 7.11. The van der Waals surface area contributed by atoms with Gasteiger partial charge < -0.3 is 5.32 Å². The van der Waals surface area contributed by atoms with Gasteiger partial charge in [-0.05, 0) is 53.6 Å². The third-order valence-electron chi connectivity index (χ3n) is 3.96. The summed E-state index contributed by atoms with van der Waals surface area (Å²) >= 11 is 3.57. The van der Waals surface area contributed by atoms with Crippen molar-refractivity contribution in [3.63, 3.8) is 0 Å². The number of rotatable bonds is 3. The van der Waals surface area contributed by atoms with E-state index in [1.54, 1.807) is 0 Å². The molecule has 0 saturated carbocycles. The number of nitrogens with one attached hydrogen (secondary N) is 1. The largest absolute Gasteiger partial charge is 0.309 e. The molecule has 1 unspecified atom stereocenters. The summed E-state index contributed by atoms with van der Waals surface area (Å²) in [5.41, 5.74) is 3.90. The summed E-state index contributed by atoms with van der Waals surface area (Å²) in [7, 11) is 2.01. The molecule has 0 bridgehead atoms. The lowest BCUT2D eigenvalue weighted by Crippen LogP contribution is -2.18. The number of halogens is 1. The first-order valence-corrected chi connectivity index (χ1v) is 7.91. The lowest BCUT2D eigenvalue weighted by Gasteiger charge is -2.20. The topological polar surface area (TPSA) is 12.0 Å². The van der Waals surface area contributed by atoms with E-state index in [9.17, 15) is 0 Å².